The Morgan fingerprint density at radius 2 is 0.511 bits per heavy atom. The molecule has 0 bridgehead atoms. The zero-order chi connectivity index (χ0) is 65.0. The summed E-state index contributed by atoms with van der Waals surface area (Å²) in [7, 11) is 13.5. The minimum atomic E-state index is -1.03. The van der Waals surface area contributed by atoms with Gasteiger partial charge in [0.15, 0.2) is 0 Å². The summed E-state index contributed by atoms with van der Waals surface area (Å²) in [6.45, 7) is 6.73. The molecule has 2 aliphatic rings. The summed E-state index contributed by atoms with van der Waals surface area (Å²) in [6.07, 6.45) is 5.88. The van der Waals surface area contributed by atoms with Gasteiger partial charge in [-0.3, -0.25) is 0 Å². The van der Waals surface area contributed by atoms with Crippen molar-refractivity contribution in [1.29, 1.82) is 0 Å². The van der Waals surface area contributed by atoms with Gasteiger partial charge in [0.2, 0.25) is 0 Å². The molecule has 0 fully saturated rings. The molecule has 0 atom stereocenters. The van der Waals surface area contributed by atoms with Crippen LogP contribution in [0.25, 0.3) is 22.3 Å². The van der Waals surface area contributed by atoms with E-state index in [4.69, 9.17) is 44.5 Å². The fourth-order valence-electron chi connectivity index (χ4n) is 13.2. The highest BCUT2D eigenvalue weighted by atomic mass is 16.5. The summed E-state index contributed by atoms with van der Waals surface area (Å²) in [4.78, 5) is 9.10. The molecule has 0 saturated heterocycles. The maximum absolute atomic E-state index is 5.76. The molecule has 94 heavy (non-hydrogen) atoms. The Kier molecular flexibility index (Phi) is 17.0. The van der Waals surface area contributed by atoms with Crippen LogP contribution in [0.15, 0.2) is 279 Å². The Hall–Kier alpha value is -11.8. The predicted octanol–water partition coefficient (Wildman–Crippen LogP) is 20.3. The van der Waals surface area contributed by atoms with Gasteiger partial charge in [0.1, 0.15) is 46.0 Å². The van der Waals surface area contributed by atoms with Crippen molar-refractivity contribution in [1.82, 2.24) is 0 Å². The van der Waals surface area contributed by atoms with Gasteiger partial charge in [-0.2, -0.15) is 0 Å². The highest BCUT2D eigenvalue weighted by Gasteiger charge is 2.53. The van der Waals surface area contributed by atoms with Crippen LogP contribution in [-0.4, -0.2) is 56.9 Å². The van der Waals surface area contributed by atoms with E-state index in [1.165, 1.54) is 0 Å². The number of rotatable bonds is 22. The fraction of sp³-hybridized carbons (Fsp3) is 0.122. The lowest BCUT2D eigenvalue weighted by Crippen LogP contribution is -2.27. The Balaban J connectivity index is 1.15. The van der Waals surface area contributed by atoms with Gasteiger partial charge in [-0.15, -0.1) is 0 Å². The predicted molar refractivity (Wildman–Crippen MR) is 380 cm³/mol. The molecule has 1 spiro atoms. The van der Waals surface area contributed by atoms with Crippen LogP contribution in [0.3, 0.4) is 0 Å². The highest BCUT2D eigenvalue weighted by Crippen LogP contribution is 2.65. The normalized spacial score (nSPS) is 12.2. The molecule has 0 aliphatic heterocycles. The average molecular weight is 1240 g/mol. The SMILES string of the molecule is C=C(/C=C\C(=C/C)OC)N(c1ccc(OC)cc1)c1ccc2c(c1)C1(c3cc(N(c4ccc(OC)cc4)c4ccc(OC)cc4)ccc3-2)c2cc(N(c3ccc(OC)cc3)c3ccc(OC)cc3)ccc2-c2ccc(N(c3ccc(OC)cc3)c3ccc(OC)cc3)cc21. The average Bonchev–Trinajstić information content (AvgIpc) is 1.50. The van der Waals surface area contributed by atoms with E-state index in [9.17, 15) is 0 Å². The van der Waals surface area contributed by atoms with Crippen molar-refractivity contribution in [3.63, 3.8) is 0 Å². The number of fused-ring (bicyclic) bond motifs is 10. The van der Waals surface area contributed by atoms with E-state index in [2.05, 4.69) is 177 Å². The number of hydrogen-bond acceptors (Lipinski definition) is 12. The van der Waals surface area contributed by atoms with E-state index in [0.717, 1.165) is 147 Å². The Morgan fingerprint density at radius 1 is 0.287 bits per heavy atom. The molecule has 11 aromatic carbocycles. The molecule has 0 aromatic heterocycles. The molecule has 0 N–H and O–H groups in total. The minimum Gasteiger partial charge on any atom is -0.497 e. The fourth-order valence-corrected chi connectivity index (χ4v) is 13.2. The quantitative estimate of drug-likeness (QED) is 0.0478. The molecule has 0 amide bonds. The molecule has 0 radical (unpaired) electrons. The lowest BCUT2D eigenvalue weighted by molar-refractivity contribution is 0.306. The van der Waals surface area contributed by atoms with E-state index < -0.39 is 5.41 Å². The first kappa shape index (κ1) is 61.1. The standard InChI is InChI=1S/C82H72N4O8/c1-11-66(87-3)31-12-54(2)83(55-13-32-67(88-4)33-14-55)62-27-46-74-75-47-28-63(84(56-15-34-68(89-5)35-16-56)57-17-36-69(90-6)37-18-57)51-79(75)82(78(74)50-62)80-52-64(85(58-19-38-70(91-7)39-20-58)59-21-40-71(92-8)41-22-59)29-48-76(80)77-49-30-65(53-81(77)82)86(60-23-42-72(93-9)43-24-60)61-25-44-73(94-10)45-26-61/h11-53H,2H2,1,3-10H3/b31-12-,66-11+. The summed E-state index contributed by atoms with van der Waals surface area (Å²) in [5, 5.41) is 0. The summed E-state index contributed by atoms with van der Waals surface area (Å²) >= 11 is 0. The van der Waals surface area contributed by atoms with Gasteiger partial charge in [0.05, 0.1) is 62.3 Å². The molecular weight excluding hydrogens is 1170 g/mol. The molecule has 12 heteroatoms. The number of ether oxygens (including phenoxy) is 8. The molecule has 0 heterocycles. The second-order valence-electron chi connectivity index (χ2n) is 22.6. The van der Waals surface area contributed by atoms with E-state index >= 15 is 0 Å². The zero-order valence-corrected chi connectivity index (χ0v) is 54.1. The number of methoxy groups -OCH3 is 8. The van der Waals surface area contributed by atoms with Crippen molar-refractivity contribution in [3.8, 4) is 62.5 Å². The van der Waals surface area contributed by atoms with Crippen LogP contribution in [0.4, 0.5) is 62.6 Å². The molecule has 13 rings (SSSR count). The molecule has 0 saturated carbocycles. The molecule has 2 aliphatic carbocycles. The van der Waals surface area contributed by atoms with Gasteiger partial charge in [-0.05, 0) is 288 Å². The zero-order valence-electron chi connectivity index (χ0n) is 54.1. The topological polar surface area (TPSA) is 86.8 Å². The van der Waals surface area contributed by atoms with E-state index in [1.807, 2.05) is 110 Å². The number of nitrogens with zero attached hydrogens (tertiary/aromatic N) is 4. The number of allylic oxidation sites excluding steroid dienone is 3. The first-order valence-corrected chi connectivity index (χ1v) is 30.9. The molecule has 468 valence electrons. The monoisotopic (exact) mass is 1240 g/mol. The summed E-state index contributed by atoms with van der Waals surface area (Å²) in [5.74, 6) is 5.96. The van der Waals surface area contributed by atoms with Crippen LogP contribution in [0.5, 0.6) is 40.2 Å². The van der Waals surface area contributed by atoms with Crippen LogP contribution < -0.4 is 52.8 Å². The third-order valence-electron chi connectivity index (χ3n) is 17.8. The van der Waals surface area contributed by atoms with Crippen molar-refractivity contribution >= 4 is 62.6 Å². The van der Waals surface area contributed by atoms with Gasteiger partial charge in [-0.25, -0.2) is 0 Å². The second-order valence-corrected chi connectivity index (χ2v) is 22.6. The maximum Gasteiger partial charge on any atom is 0.119 e. The Morgan fingerprint density at radius 3 is 0.745 bits per heavy atom. The van der Waals surface area contributed by atoms with Crippen LogP contribution in [0.2, 0.25) is 0 Å². The first-order chi connectivity index (χ1) is 46.0. The number of hydrogen-bond donors (Lipinski definition) is 0. The summed E-state index contributed by atoms with van der Waals surface area (Å²) < 4.78 is 46.0. The van der Waals surface area contributed by atoms with Crippen molar-refractivity contribution in [2.75, 3.05) is 76.5 Å². The Labute approximate surface area is 550 Å². The third-order valence-corrected chi connectivity index (χ3v) is 17.8. The minimum absolute atomic E-state index is 0.704. The van der Waals surface area contributed by atoms with Crippen molar-refractivity contribution in [2.24, 2.45) is 0 Å². The number of anilines is 11. The molecule has 11 aromatic rings. The van der Waals surface area contributed by atoms with Crippen molar-refractivity contribution in [2.45, 2.75) is 12.3 Å². The molecule has 0 unspecified atom stereocenters. The van der Waals surface area contributed by atoms with Gasteiger partial charge in [0, 0.05) is 68.3 Å². The summed E-state index contributed by atoms with van der Waals surface area (Å²) in [6, 6.07) is 85.1. The smallest absolute Gasteiger partial charge is 0.119 e. The van der Waals surface area contributed by atoms with Crippen LogP contribution in [0.1, 0.15) is 29.2 Å². The molecule has 12 nitrogen and oxygen atoms in total. The van der Waals surface area contributed by atoms with Crippen molar-refractivity contribution in [3.05, 3.63) is 301 Å². The van der Waals surface area contributed by atoms with Crippen LogP contribution in [0, 0.1) is 0 Å². The van der Waals surface area contributed by atoms with E-state index in [0.29, 0.717) is 11.5 Å². The molecular formula is C82H72N4O8. The van der Waals surface area contributed by atoms with E-state index in [-0.39, 0.29) is 0 Å². The van der Waals surface area contributed by atoms with Crippen LogP contribution >= 0.6 is 0 Å². The number of benzene rings is 11. The third kappa shape index (κ3) is 11.1. The lowest BCUT2D eigenvalue weighted by atomic mass is 9.70. The van der Waals surface area contributed by atoms with Crippen LogP contribution in [-0.2, 0) is 10.2 Å². The second kappa shape index (κ2) is 26.2. The Bertz CT molecular complexity index is 4160. The lowest BCUT2D eigenvalue weighted by Gasteiger charge is -2.35. The van der Waals surface area contributed by atoms with Gasteiger partial charge >= 0.3 is 0 Å². The highest BCUT2D eigenvalue weighted by molar-refractivity contribution is 6.00. The van der Waals surface area contributed by atoms with Crippen molar-refractivity contribution < 1.29 is 37.9 Å². The van der Waals surface area contributed by atoms with Gasteiger partial charge < -0.3 is 57.5 Å². The van der Waals surface area contributed by atoms with E-state index in [1.54, 1.807) is 56.9 Å². The largest absolute Gasteiger partial charge is 0.497 e. The first-order valence-electron chi connectivity index (χ1n) is 30.9. The summed E-state index contributed by atoms with van der Waals surface area (Å²) in [5.41, 5.74) is 18.6. The maximum atomic E-state index is 5.76. The van der Waals surface area contributed by atoms with Gasteiger partial charge in [0.25, 0.3) is 0 Å². The van der Waals surface area contributed by atoms with Gasteiger partial charge in [-0.1, -0.05) is 30.8 Å².